The lowest BCUT2D eigenvalue weighted by Crippen LogP contribution is -2.27. The van der Waals surface area contributed by atoms with Crippen molar-refractivity contribution in [1.82, 2.24) is 5.32 Å². The largest absolute Gasteiger partial charge is 0.366 e. The maximum Gasteiger partial charge on any atom is 0.262 e. The number of rotatable bonds is 5. The molecular formula is C14H14N2O2S. The zero-order valence-corrected chi connectivity index (χ0v) is 11.1. The third-order valence-corrected chi connectivity index (χ3v) is 3.59. The second-order valence-corrected chi connectivity index (χ2v) is 4.94. The molecule has 1 heterocycles. The van der Waals surface area contributed by atoms with Crippen LogP contribution in [0.25, 0.3) is 0 Å². The topological polar surface area (TPSA) is 72.2 Å². The molecule has 5 heteroatoms. The fourth-order valence-electron chi connectivity index (χ4n) is 1.72. The van der Waals surface area contributed by atoms with Crippen molar-refractivity contribution in [3.63, 3.8) is 0 Å². The van der Waals surface area contributed by atoms with Crippen LogP contribution in [0.5, 0.6) is 0 Å². The number of amides is 2. The van der Waals surface area contributed by atoms with E-state index in [2.05, 4.69) is 5.32 Å². The minimum atomic E-state index is -0.575. The van der Waals surface area contributed by atoms with Gasteiger partial charge in [-0.3, -0.25) is 9.59 Å². The molecule has 0 aliphatic heterocycles. The van der Waals surface area contributed by atoms with E-state index in [0.29, 0.717) is 11.4 Å². The monoisotopic (exact) mass is 274 g/mol. The van der Waals surface area contributed by atoms with E-state index in [1.54, 1.807) is 11.4 Å². The summed E-state index contributed by atoms with van der Waals surface area (Å²) in [5, 5.41) is 4.48. The number of carbonyl (C=O) groups is 2. The summed E-state index contributed by atoms with van der Waals surface area (Å²) in [4.78, 5) is 23.4. The summed E-state index contributed by atoms with van der Waals surface area (Å²) in [7, 11) is 0. The van der Waals surface area contributed by atoms with Gasteiger partial charge in [-0.25, -0.2) is 0 Å². The highest BCUT2D eigenvalue weighted by Crippen LogP contribution is 2.15. The standard InChI is InChI=1S/C14H14N2O2S/c15-13(17)11-7-9-19-12(11)14(18)16-8-6-10-4-2-1-3-5-10/h1-5,7,9H,6,8H2,(H2,15,17)(H,16,18). The Labute approximate surface area is 115 Å². The number of thiophene rings is 1. The summed E-state index contributed by atoms with van der Waals surface area (Å²) < 4.78 is 0. The molecule has 2 amide bonds. The van der Waals surface area contributed by atoms with Crippen molar-refractivity contribution in [1.29, 1.82) is 0 Å². The van der Waals surface area contributed by atoms with Crippen LogP contribution in [0.2, 0.25) is 0 Å². The first kappa shape index (κ1) is 13.3. The number of nitrogens with two attached hydrogens (primary N) is 1. The Hall–Kier alpha value is -2.14. The molecule has 4 nitrogen and oxygen atoms in total. The van der Waals surface area contributed by atoms with Crippen LogP contribution < -0.4 is 11.1 Å². The molecule has 2 aromatic rings. The molecule has 0 unspecified atom stereocenters. The minimum absolute atomic E-state index is 0.250. The normalized spacial score (nSPS) is 10.1. The quantitative estimate of drug-likeness (QED) is 0.873. The van der Waals surface area contributed by atoms with Crippen LogP contribution in [0.3, 0.4) is 0 Å². The molecule has 19 heavy (non-hydrogen) atoms. The molecule has 3 N–H and O–H groups in total. The minimum Gasteiger partial charge on any atom is -0.366 e. The van der Waals surface area contributed by atoms with Gasteiger partial charge in [0.2, 0.25) is 5.91 Å². The Bertz CT molecular complexity index is 578. The maximum atomic E-state index is 11.9. The Morgan fingerprint density at radius 1 is 1.16 bits per heavy atom. The van der Waals surface area contributed by atoms with Gasteiger partial charge >= 0.3 is 0 Å². The molecule has 0 saturated carbocycles. The zero-order chi connectivity index (χ0) is 13.7. The Morgan fingerprint density at radius 2 is 1.89 bits per heavy atom. The molecule has 2 rings (SSSR count). The predicted molar refractivity (Wildman–Crippen MR) is 75.3 cm³/mol. The van der Waals surface area contributed by atoms with E-state index >= 15 is 0 Å². The molecule has 98 valence electrons. The van der Waals surface area contributed by atoms with E-state index in [9.17, 15) is 9.59 Å². The first-order chi connectivity index (χ1) is 9.18. The molecule has 1 aromatic heterocycles. The van der Waals surface area contributed by atoms with Crippen molar-refractivity contribution in [2.75, 3.05) is 6.54 Å². The van der Waals surface area contributed by atoms with Crippen LogP contribution in [-0.4, -0.2) is 18.4 Å². The highest BCUT2D eigenvalue weighted by atomic mass is 32.1. The van der Waals surface area contributed by atoms with Crippen molar-refractivity contribution in [3.8, 4) is 0 Å². The average Bonchev–Trinajstić information content (AvgIpc) is 2.89. The second kappa shape index (κ2) is 6.15. The maximum absolute atomic E-state index is 11.9. The Morgan fingerprint density at radius 3 is 2.58 bits per heavy atom. The second-order valence-electron chi connectivity index (χ2n) is 4.02. The van der Waals surface area contributed by atoms with Crippen LogP contribution in [-0.2, 0) is 6.42 Å². The van der Waals surface area contributed by atoms with E-state index < -0.39 is 5.91 Å². The van der Waals surface area contributed by atoms with E-state index in [1.165, 1.54) is 11.3 Å². The van der Waals surface area contributed by atoms with Gasteiger partial charge in [-0.2, -0.15) is 0 Å². The number of hydrogen-bond acceptors (Lipinski definition) is 3. The van der Waals surface area contributed by atoms with Gasteiger partial charge in [-0.1, -0.05) is 30.3 Å². The number of benzene rings is 1. The van der Waals surface area contributed by atoms with Gasteiger partial charge in [-0.05, 0) is 23.4 Å². The van der Waals surface area contributed by atoms with Crippen molar-refractivity contribution >= 4 is 23.2 Å². The fourth-order valence-corrected chi connectivity index (χ4v) is 2.54. The van der Waals surface area contributed by atoms with Crippen molar-refractivity contribution < 1.29 is 9.59 Å². The molecule has 0 aliphatic carbocycles. The lowest BCUT2D eigenvalue weighted by Gasteiger charge is -2.05. The highest BCUT2D eigenvalue weighted by molar-refractivity contribution is 7.12. The predicted octanol–water partition coefficient (Wildman–Crippen LogP) is 1.82. The SMILES string of the molecule is NC(=O)c1ccsc1C(=O)NCCc1ccccc1. The van der Waals surface area contributed by atoms with Crippen LogP contribution in [0.1, 0.15) is 25.6 Å². The number of hydrogen-bond donors (Lipinski definition) is 2. The van der Waals surface area contributed by atoms with Gasteiger partial charge in [0.1, 0.15) is 4.88 Å². The average molecular weight is 274 g/mol. The lowest BCUT2D eigenvalue weighted by molar-refractivity contribution is 0.0941. The van der Waals surface area contributed by atoms with E-state index in [-0.39, 0.29) is 11.5 Å². The first-order valence-electron chi connectivity index (χ1n) is 5.88. The first-order valence-corrected chi connectivity index (χ1v) is 6.76. The van der Waals surface area contributed by atoms with Crippen LogP contribution in [0, 0.1) is 0 Å². The summed E-state index contributed by atoms with van der Waals surface area (Å²) >= 11 is 1.22. The van der Waals surface area contributed by atoms with Crippen LogP contribution in [0.4, 0.5) is 0 Å². The molecule has 1 aromatic carbocycles. The Balaban J connectivity index is 1.91. The zero-order valence-electron chi connectivity index (χ0n) is 10.3. The number of primary amides is 1. The Kier molecular flexibility index (Phi) is 4.30. The molecule has 0 saturated heterocycles. The lowest BCUT2D eigenvalue weighted by atomic mass is 10.1. The van der Waals surface area contributed by atoms with E-state index in [1.807, 2.05) is 30.3 Å². The summed E-state index contributed by atoms with van der Waals surface area (Å²) in [5.74, 6) is -0.825. The van der Waals surface area contributed by atoms with Crippen molar-refractivity contribution in [2.45, 2.75) is 6.42 Å². The molecule has 0 fully saturated rings. The van der Waals surface area contributed by atoms with E-state index in [4.69, 9.17) is 5.73 Å². The van der Waals surface area contributed by atoms with Gasteiger partial charge in [0.05, 0.1) is 5.56 Å². The smallest absolute Gasteiger partial charge is 0.262 e. The van der Waals surface area contributed by atoms with Crippen LogP contribution >= 0.6 is 11.3 Å². The molecule has 0 spiro atoms. The van der Waals surface area contributed by atoms with Gasteiger partial charge in [0.15, 0.2) is 0 Å². The summed E-state index contributed by atoms with van der Waals surface area (Å²) in [6.45, 7) is 0.527. The van der Waals surface area contributed by atoms with Gasteiger partial charge in [0, 0.05) is 6.54 Å². The van der Waals surface area contributed by atoms with Crippen LogP contribution in [0.15, 0.2) is 41.8 Å². The van der Waals surface area contributed by atoms with Gasteiger partial charge in [0.25, 0.3) is 5.91 Å². The number of carbonyl (C=O) groups excluding carboxylic acids is 2. The molecule has 0 aliphatic rings. The summed E-state index contributed by atoms with van der Waals surface area (Å²) in [6, 6.07) is 11.5. The van der Waals surface area contributed by atoms with E-state index in [0.717, 1.165) is 12.0 Å². The third-order valence-electron chi connectivity index (χ3n) is 2.68. The summed E-state index contributed by atoms with van der Waals surface area (Å²) in [5.41, 5.74) is 6.64. The number of nitrogens with one attached hydrogen (secondary N) is 1. The summed E-state index contributed by atoms with van der Waals surface area (Å²) in [6.07, 6.45) is 0.754. The molecular weight excluding hydrogens is 260 g/mol. The van der Waals surface area contributed by atoms with Gasteiger partial charge < -0.3 is 11.1 Å². The molecule has 0 atom stereocenters. The van der Waals surface area contributed by atoms with Crippen molar-refractivity contribution in [2.24, 2.45) is 5.73 Å². The van der Waals surface area contributed by atoms with Crippen molar-refractivity contribution in [3.05, 3.63) is 57.8 Å². The third kappa shape index (κ3) is 3.42. The molecule has 0 radical (unpaired) electrons. The van der Waals surface area contributed by atoms with Gasteiger partial charge in [-0.15, -0.1) is 11.3 Å². The highest BCUT2D eigenvalue weighted by Gasteiger charge is 2.16. The molecule has 0 bridgehead atoms. The fraction of sp³-hybridized carbons (Fsp3) is 0.143.